The molecule has 1 amide bonds. The highest BCUT2D eigenvalue weighted by Crippen LogP contribution is 2.37. The monoisotopic (exact) mass is 441 g/mol. The van der Waals surface area contributed by atoms with E-state index >= 15 is 0 Å². The number of carbonyl (C=O) groups is 2. The number of carboxylic acid groups (broad SMARTS) is 1. The maximum atomic E-state index is 11.9. The normalized spacial score (nSPS) is 19.0. The Morgan fingerprint density at radius 3 is 2.66 bits per heavy atom. The zero-order valence-corrected chi connectivity index (χ0v) is 18.4. The fourth-order valence-corrected chi connectivity index (χ4v) is 4.28. The molecule has 0 aliphatic carbocycles. The van der Waals surface area contributed by atoms with Crippen molar-refractivity contribution in [2.24, 2.45) is 10.4 Å². The maximum absolute atomic E-state index is 11.9. The number of carbonyl (C=O) groups excluding carboxylic acids is 1. The molecule has 0 bridgehead atoms. The van der Waals surface area contributed by atoms with Gasteiger partial charge in [0, 0.05) is 44.6 Å². The number of ether oxygens (including phenoxy) is 1. The summed E-state index contributed by atoms with van der Waals surface area (Å²) >= 11 is 0. The van der Waals surface area contributed by atoms with Gasteiger partial charge in [0.15, 0.2) is 5.49 Å². The van der Waals surface area contributed by atoms with Gasteiger partial charge in [-0.05, 0) is 49.1 Å². The average Bonchev–Trinajstić information content (AvgIpc) is 2.75. The number of aromatic nitrogens is 1. The highest BCUT2D eigenvalue weighted by atomic mass is 16.5. The Labute approximate surface area is 187 Å². The summed E-state index contributed by atoms with van der Waals surface area (Å²) in [7, 11) is 0. The van der Waals surface area contributed by atoms with Crippen LogP contribution in [-0.2, 0) is 16.0 Å². The minimum Gasteiger partial charge on any atom is -0.494 e. The number of piperidine rings is 1. The molecule has 172 valence electrons. The number of likely N-dealkylation sites (tertiary alicyclic amines) is 1. The summed E-state index contributed by atoms with van der Waals surface area (Å²) in [5.41, 5.74) is 1.09. The van der Waals surface area contributed by atoms with Crippen LogP contribution in [0.4, 0.5) is 0 Å². The third-order valence-corrected chi connectivity index (χ3v) is 5.80. The fourth-order valence-electron chi connectivity index (χ4n) is 4.28. The zero-order chi connectivity index (χ0) is 23.0. The fraction of sp³-hybridized carbons (Fsp3) is 0.458. The molecule has 0 radical (unpaired) electrons. The molecule has 1 fully saturated rings. The van der Waals surface area contributed by atoms with Crippen molar-refractivity contribution in [3.63, 3.8) is 0 Å². The molecular weight excluding hydrogens is 410 g/mol. The molecule has 1 aromatic heterocycles. The molecule has 1 aliphatic rings. The second-order valence-electron chi connectivity index (χ2n) is 8.42. The van der Waals surface area contributed by atoms with Crippen molar-refractivity contribution >= 4 is 11.9 Å². The van der Waals surface area contributed by atoms with E-state index in [9.17, 15) is 19.9 Å². The molecule has 2 heterocycles. The van der Waals surface area contributed by atoms with E-state index in [0.29, 0.717) is 44.6 Å². The summed E-state index contributed by atoms with van der Waals surface area (Å²) in [4.78, 5) is 29.5. The molecule has 8 nitrogen and oxygen atoms in total. The van der Waals surface area contributed by atoms with Gasteiger partial charge in [0.25, 0.3) is 0 Å². The lowest BCUT2D eigenvalue weighted by Crippen LogP contribution is -2.47. The zero-order valence-electron chi connectivity index (χ0n) is 18.4. The second kappa shape index (κ2) is 10.8. The standard InChI is InChI=1S/C24H31N3O5/c1-19(28)26-13-4-11-24(18-26,17-23(29)30)16-20-7-9-21(10-8-20)32-15-5-12-25-22-6-2-3-14-27(22)31/h2-3,6-10,14,31H,4-5,11-13,15-18H2,1H3,(H,29,30). The first kappa shape index (κ1) is 23.4. The number of benzene rings is 1. The average molecular weight is 442 g/mol. The largest absolute Gasteiger partial charge is 0.494 e. The lowest BCUT2D eigenvalue weighted by atomic mass is 9.72. The van der Waals surface area contributed by atoms with Gasteiger partial charge in [-0.3, -0.25) is 14.6 Å². The summed E-state index contributed by atoms with van der Waals surface area (Å²) < 4.78 is 6.77. The number of carboxylic acids is 1. The van der Waals surface area contributed by atoms with Crippen LogP contribution in [0, 0.1) is 5.41 Å². The van der Waals surface area contributed by atoms with Crippen LogP contribution in [-0.4, -0.2) is 58.1 Å². The van der Waals surface area contributed by atoms with Crippen LogP contribution in [0.25, 0.3) is 0 Å². The molecule has 1 saturated heterocycles. The van der Waals surface area contributed by atoms with Crippen molar-refractivity contribution in [2.45, 2.75) is 39.0 Å². The number of aliphatic carboxylic acids is 1. The van der Waals surface area contributed by atoms with E-state index in [1.165, 1.54) is 13.1 Å². The first-order chi connectivity index (χ1) is 15.4. The van der Waals surface area contributed by atoms with E-state index in [4.69, 9.17) is 4.74 Å². The predicted molar refractivity (Wildman–Crippen MR) is 118 cm³/mol. The molecular formula is C24H31N3O5. The Kier molecular flexibility index (Phi) is 7.92. The summed E-state index contributed by atoms with van der Waals surface area (Å²) in [6.45, 7) is 3.74. The topological polar surface area (TPSA) is 104 Å². The number of amides is 1. The Morgan fingerprint density at radius 1 is 1.19 bits per heavy atom. The molecule has 1 aromatic carbocycles. The molecule has 1 atom stereocenters. The highest BCUT2D eigenvalue weighted by Gasteiger charge is 2.38. The van der Waals surface area contributed by atoms with Gasteiger partial charge in [0.2, 0.25) is 5.91 Å². The van der Waals surface area contributed by atoms with Gasteiger partial charge in [-0.2, -0.15) is 4.73 Å². The van der Waals surface area contributed by atoms with Crippen molar-refractivity contribution in [2.75, 3.05) is 26.2 Å². The molecule has 32 heavy (non-hydrogen) atoms. The first-order valence-electron chi connectivity index (χ1n) is 10.9. The van der Waals surface area contributed by atoms with Crippen molar-refractivity contribution in [3.8, 4) is 5.75 Å². The van der Waals surface area contributed by atoms with Gasteiger partial charge in [-0.25, -0.2) is 0 Å². The number of hydrogen-bond donors (Lipinski definition) is 2. The Hall–Kier alpha value is -3.29. The lowest BCUT2D eigenvalue weighted by Gasteiger charge is -2.42. The van der Waals surface area contributed by atoms with Gasteiger partial charge >= 0.3 is 5.97 Å². The summed E-state index contributed by atoms with van der Waals surface area (Å²) in [6.07, 6.45) is 4.51. The molecule has 1 unspecified atom stereocenters. The van der Waals surface area contributed by atoms with Gasteiger partial charge < -0.3 is 20.0 Å². The van der Waals surface area contributed by atoms with Gasteiger partial charge in [-0.1, -0.05) is 18.2 Å². The van der Waals surface area contributed by atoms with E-state index in [1.54, 1.807) is 17.0 Å². The van der Waals surface area contributed by atoms with Crippen molar-refractivity contribution in [1.29, 1.82) is 0 Å². The molecule has 2 N–H and O–H groups in total. The van der Waals surface area contributed by atoms with Gasteiger partial charge in [0.1, 0.15) is 5.75 Å². The van der Waals surface area contributed by atoms with Crippen molar-refractivity contribution < 1.29 is 24.6 Å². The molecule has 0 saturated carbocycles. The predicted octanol–water partition coefficient (Wildman–Crippen LogP) is 2.74. The quantitative estimate of drug-likeness (QED) is 0.460. The minimum atomic E-state index is -0.831. The number of rotatable bonds is 9. The van der Waals surface area contributed by atoms with Crippen LogP contribution in [0.1, 0.15) is 38.2 Å². The first-order valence-corrected chi connectivity index (χ1v) is 10.9. The molecule has 3 rings (SSSR count). The Bertz CT molecular complexity index is 986. The number of pyridine rings is 1. The van der Waals surface area contributed by atoms with E-state index in [0.717, 1.165) is 28.9 Å². The van der Waals surface area contributed by atoms with Crippen LogP contribution >= 0.6 is 0 Å². The van der Waals surface area contributed by atoms with E-state index < -0.39 is 11.4 Å². The van der Waals surface area contributed by atoms with Gasteiger partial charge in [-0.15, -0.1) is 0 Å². The maximum Gasteiger partial charge on any atom is 0.303 e. The second-order valence-corrected chi connectivity index (χ2v) is 8.42. The molecule has 8 heteroatoms. The van der Waals surface area contributed by atoms with Crippen molar-refractivity contribution in [1.82, 2.24) is 9.63 Å². The van der Waals surface area contributed by atoms with E-state index in [-0.39, 0.29) is 12.3 Å². The molecule has 2 aromatic rings. The third kappa shape index (κ3) is 6.60. The van der Waals surface area contributed by atoms with E-state index in [2.05, 4.69) is 4.99 Å². The number of hydrogen-bond acceptors (Lipinski definition) is 5. The SMILES string of the molecule is CC(=O)N1CCCC(CC(=O)O)(Cc2ccc(OCCCN=c3ccccn3O)cc2)C1. The number of nitrogens with zero attached hydrogens (tertiary/aromatic N) is 3. The summed E-state index contributed by atoms with van der Waals surface area (Å²) in [5, 5.41) is 19.1. The van der Waals surface area contributed by atoms with Crippen LogP contribution < -0.4 is 10.2 Å². The molecule has 1 aliphatic heterocycles. The minimum absolute atomic E-state index is 0.00369. The van der Waals surface area contributed by atoms with Gasteiger partial charge in [0.05, 0.1) is 13.0 Å². The summed E-state index contributed by atoms with van der Waals surface area (Å²) in [5.74, 6) is -0.0917. The third-order valence-electron chi connectivity index (χ3n) is 5.80. The van der Waals surface area contributed by atoms with Crippen LogP contribution in [0.2, 0.25) is 0 Å². The summed E-state index contributed by atoms with van der Waals surface area (Å²) in [6, 6.07) is 13.0. The van der Waals surface area contributed by atoms with Crippen molar-refractivity contribution in [3.05, 3.63) is 59.7 Å². The Morgan fingerprint density at radius 2 is 1.97 bits per heavy atom. The van der Waals surface area contributed by atoms with E-state index in [1.807, 2.05) is 30.3 Å². The smallest absolute Gasteiger partial charge is 0.303 e. The van der Waals surface area contributed by atoms with Crippen LogP contribution in [0.15, 0.2) is 53.7 Å². The van der Waals surface area contributed by atoms with Crippen LogP contribution in [0.5, 0.6) is 5.75 Å². The highest BCUT2D eigenvalue weighted by molar-refractivity contribution is 5.74. The Balaban J connectivity index is 1.54. The molecule has 0 spiro atoms. The van der Waals surface area contributed by atoms with Crippen LogP contribution in [0.3, 0.4) is 0 Å². The lowest BCUT2D eigenvalue weighted by molar-refractivity contribution is -0.143.